The summed E-state index contributed by atoms with van der Waals surface area (Å²) < 4.78 is 5.61. The van der Waals surface area contributed by atoms with Gasteiger partial charge in [-0.05, 0) is 31.2 Å². The minimum atomic E-state index is -1.37. The molecule has 1 saturated carbocycles. The van der Waals surface area contributed by atoms with Crippen LogP contribution in [0.4, 0.5) is 5.69 Å². The number of allylic oxidation sites excluding steroid dienone is 2. The average molecular weight is 478 g/mol. The molecule has 1 aromatic carbocycles. The molecule has 0 radical (unpaired) electrons. The lowest BCUT2D eigenvalue weighted by Crippen LogP contribution is -2.28. The summed E-state index contributed by atoms with van der Waals surface area (Å²) >= 11 is 3.16. The maximum atomic E-state index is 12.7. The molecule has 2 fully saturated rings. The number of hydrazone groups is 1. The van der Waals surface area contributed by atoms with E-state index in [1.165, 1.54) is 19.1 Å². The average Bonchev–Trinajstić information content (AvgIpc) is 3.36. The van der Waals surface area contributed by atoms with Crippen molar-refractivity contribution in [1.82, 2.24) is 5.01 Å². The van der Waals surface area contributed by atoms with Gasteiger partial charge in [-0.1, -0.05) is 28.1 Å². The first-order valence-electron chi connectivity index (χ1n) is 9.16. The number of hydrogen-bond acceptors (Lipinski definition) is 7. The van der Waals surface area contributed by atoms with Crippen molar-refractivity contribution in [3.63, 3.8) is 0 Å². The standard InChI is InChI=1S/C19H16BrN3O7/c1-8(19(26)27)30-16-11(5-12(20)6-13(16)23(28)29)7-21-22-17(24)14-9-2-3-10(4-9)15(14)18(22)25/h2-3,5-10,14-15H,4H2,1H3,(H,26,27)/t8-,9+,10+,14-,15+/m1/s1. The molecule has 2 bridgehead atoms. The van der Waals surface area contributed by atoms with Crippen molar-refractivity contribution in [2.24, 2.45) is 28.8 Å². The molecular weight excluding hydrogens is 462 g/mol. The van der Waals surface area contributed by atoms with Crippen LogP contribution in [0.1, 0.15) is 18.9 Å². The lowest BCUT2D eigenvalue weighted by atomic mass is 9.85. The van der Waals surface area contributed by atoms with Gasteiger partial charge in [0.05, 0.1) is 23.0 Å². The van der Waals surface area contributed by atoms with E-state index >= 15 is 0 Å². The van der Waals surface area contributed by atoms with Crippen LogP contribution < -0.4 is 4.74 Å². The van der Waals surface area contributed by atoms with Gasteiger partial charge in [0.25, 0.3) is 11.8 Å². The monoisotopic (exact) mass is 477 g/mol. The van der Waals surface area contributed by atoms with E-state index in [0.29, 0.717) is 4.47 Å². The quantitative estimate of drug-likeness (QED) is 0.218. The van der Waals surface area contributed by atoms with Gasteiger partial charge in [0, 0.05) is 16.1 Å². The van der Waals surface area contributed by atoms with Crippen LogP contribution >= 0.6 is 15.9 Å². The van der Waals surface area contributed by atoms with Crippen LogP contribution in [-0.4, -0.2) is 45.1 Å². The van der Waals surface area contributed by atoms with E-state index in [2.05, 4.69) is 21.0 Å². The van der Waals surface area contributed by atoms with Gasteiger partial charge in [-0.2, -0.15) is 10.1 Å². The number of ether oxygens (including phenoxy) is 1. The highest BCUT2D eigenvalue weighted by Crippen LogP contribution is 2.52. The Balaban J connectivity index is 1.68. The van der Waals surface area contributed by atoms with Crippen molar-refractivity contribution >= 4 is 45.6 Å². The van der Waals surface area contributed by atoms with Crippen LogP contribution in [0.5, 0.6) is 5.75 Å². The fraction of sp³-hybridized carbons (Fsp3) is 0.368. The predicted octanol–water partition coefficient (Wildman–Crippen LogP) is 2.35. The summed E-state index contributed by atoms with van der Waals surface area (Å²) in [5.41, 5.74) is -0.417. The summed E-state index contributed by atoms with van der Waals surface area (Å²) in [4.78, 5) is 47.3. The highest BCUT2D eigenvalue weighted by atomic mass is 79.9. The van der Waals surface area contributed by atoms with Crippen molar-refractivity contribution in [2.45, 2.75) is 19.4 Å². The number of fused-ring (bicyclic) bond motifs is 5. The summed E-state index contributed by atoms with van der Waals surface area (Å²) in [6, 6.07) is 2.60. The molecule has 1 saturated heterocycles. The summed E-state index contributed by atoms with van der Waals surface area (Å²) in [6.45, 7) is 1.23. The highest BCUT2D eigenvalue weighted by molar-refractivity contribution is 9.10. The summed E-state index contributed by atoms with van der Waals surface area (Å²) in [6.07, 6.45) is 4.44. The molecule has 30 heavy (non-hydrogen) atoms. The lowest BCUT2D eigenvalue weighted by molar-refractivity contribution is -0.386. The molecular formula is C19H16BrN3O7. The number of aliphatic carboxylic acids is 1. The number of halogens is 1. The Kier molecular flexibility index (Phi) is 4.92. The van der Waals surface area contributed by atoms with Gasteiger partial charge >= 0.3 is 11.7 Å². The minimum absolute atomic E-state index is 0.0268. The maximum Gasteiger partial charge on any atom is 0.344 e. The van der Waals surface area contributed by atoms with Crippen molar-refractivity contribution in [3.8, 4) is 5.75 Å². The number of carbonyl (C=O) groups excluding carboxylic acids is 2. The third kappa shape index (κ3) is 3.18. The number of rotatable bonds is 6. The number of nitro benzene ring substituents is 1. The number of nitrogens with zero attached hydrogens (tertiary/aromatic N) is 3. The number of carboxylic acid groups (broad SMARTS) is 1. The number of carbonyl (C=O) groups is 3. The van der Waals surface area contributed by atoms with Crippen molar-refractivity contribution in [3.05, 3.63) is 44.4 Å². The molecule has 0 spiro atoms. The van der Waals surface area contributed by atoms with Crippen LogP contribution in [0.15, 0.2) is 33.9 Å². The zero-order chi connectivity index (χ0) is 21.7. The Bertz CT molecular complexity index is 1010. The fourth-order valence-electron chi connectivity index (χ4n) is 4.31. The Labute approximate surface area is 178 Å². The van der Waals surface area contributed by atoms with Gasteiger partial charge in [-0.3, -0.25) is 19.7 Å². The Morgan fingerprint density at radius 2 is 1.93 bits per heavy atom. The van der Waals surface area contributed by atoms with Gasteiger partial charge < -0.3 is 9.84 Å². The van der Waals surface area contributed by atoms with Gasteiger partial charge in [-0.25, -0.2) is 4.79 Å². The van der Waals surface area contributed by atoms with E-state index in [0.717, 1.165) is 17.6 Å². The molecule has 11 heteroatoms. The van der Waals surface area contributed by atoms with Crippen LogP contribution in [0.25, 0.3) is 0 Å². The molecule has 1 aliphatic heterocycles. The molecule has 156 valence electrons. The van der Waals surface area contributed by atoms with Gasteiger partial charge in [0.1, 0.15) is 0 Å². The van der Waals surface area contributed by atoms with Crippen molar-refractivity contribution < 1.29 is 29.2 Å². The summed E-state index contributed by atoms with van der Waals surface area (Å²) in [7, 11) is 0. The molecule has 1 N–H and O–H groups in total. The lowest BCUT2D eigenvalue weighted by Gasteiger charge is -2.14. The second-order valence-corrected chi connectivity index (χ2v) is 8.35. The molecule has 5 atom stereocenters. The topological polar surface area (TPSA) is 139 Å². The van der Waals surface area contributed by atoms with Crippen LogP contribution in [0.3, 0.4) is 0 Å². The first kappa shape index (κ1) is 20.2. The SMILES string of the molecule is C[C@@H](Oc1c(C=NN2C(=O)[C@@H]3[C@H](C2=O)[C@H]2C=C[C@H]3C2)cc(Br)cc1[N+](=O)[O-])C(=O)O. The molecule has 10 nitrogen and oxygen atoms in total. The smallest absolute Gasteiger partial charge is 0.344 e. The third-order valence-corrected chi connectivity index (χ3v) is 6.12. The number of hydrogen-bond donors (Lipinski definition) is 1. The van der Waals surface area contributed by atoms with Crippen molar-refractivity contribution in [2.75, 3.05) is 0 Å². The molecule has 0 unspecified atom stereocenters. The van der Waals surface area contributed by atoms with E-state index in [4.69, 9.17) is 9.84 Å². The summed E-state index contributed by atoms with van der Waals surface area (Å²) in [5, 5.41) is 25.3. The fourth-order valence-corrected chi connectivity index (χ4v) is 4.77. The zero-order valence-electron chi connectivity index (χ0n) is 15.6. The number of imide groups is 1. The first-order chi connectivity index (χ1) is 14.2. The first-order valence-corrected chi connectivity index (χ1v) is 9.96. The van der Waals surface area contributed by atoms with E-state index < -0.39 is 46.3 Å². The predicted molar refractivity (Wildman–Crippen MR) is 106 cm³/mol. The molecule has 2 amide bonds. The number of benzene rings is 1. The summed E-state index contributed by atoms with van der Waals surface area (Å²) in [5.74, 6) is -3.22. The molecule has 2 aliphatic carbocycles. The molecule has 0 aromatic heterocycles. The Morgan fingerprint density at radius 3 is 2.47 bits per heavy atom. The molecule has 1 aromatic rings. The van der Waals surface area contributed by atoms with Gasteiger partial charge in [-0.15, -0.1) is 0 Å². The largest absolute Gasteiger partial charge is 0.479 e. The van der Waals surface area contributed by atoms with Gasteiger partial charge in [0.2, 0.25) is 5.75 Å². The minimum Gasteiger partial charge on any atom is -0.479 e. The maximum absolute atomic E-state index is 12.7. The van der Waals surface area contributed by atoms with Crippen LogP contribution in [-0.2, 0) is 14.4 Å². The second-order valence-electron chi connectivity index (χ2n) is 7.43. The zero-order valence-corrected chi connectivity index (χ0v) is 17.2. The van der Waals surface area contributed by atoms with E-state index in [9.17, 15) is 24.5 Å². The third-order valence-electron chi connectivity index (χ3n) is 5.66. The molecule has 4 rings (SSSR count). The second kappa shape index (κ2) is 7.31. The van der Waals surface area contributed by atoms with Crippen molar-refractivity contribution in [1.29, 1.82) is 0 Å². The Morgan fingerprint density at radius 1 is 1.33 bits per heavy atom. The highest BCUT2D eigenvalue weighted by Gasteiger charge is 2.59. The van der Waals surface area contributed by atoms with Gasteiger partial charge in [0.15, 0.2) is 6.10 Å². The van der Waals surface area contributed by atoms with Crippen LogP contribution in [0.2, 0.25) is 0 Å². The van der Waals surface area contributed by atoms with E-state index in [1.807, 2.05) is 12.2 Å². The molecule has 3 aliphatic rings. The number of nitro groups is 1. The number of carboxylic acids is 1. The normalized spacial score (nSPS) is 27.7. The number of amides is 2. The van der Waals surface area contributed by atoms with E-state index in [1.54, 1.807) is 0 Å². The van der Waals surface area contributed by atoms with E-state index in [-0.39, 0.29) is 23.1 Å². The molecule has 1 heterocycles. The Hall–Kier alpha value is -3.08. The van der Waals surface area contributed by atoms with Crippen LogP contribution in [0, 0.1) is 33.8 Å².